The molecule has 2 amide bonds. The number of hydrogen-bond donors (Lipinski definition) is 2. The van der Waals surface area contributed by atoms with Crippen molar-refractivity contribution in [1.29, 1.82) is 0 Å². The molecule has 18 heavy (non-hydrogen) atoms. The van der Waals surface area contributed by atoms with Gasteiger partial charge in [0.1, 0.15) is 5.01 Å². The van der Waals surface area contributed by atoms with Crippen LogP contribution in [-0.2, 0) is 6.42 Å². The molecule has 0 aromatic carbocycles. The lowest BCUT2D eigenvalue weighted by Gasteiger charge is -2.15. The molecule has 2 rings (SSSR count). The molecule has 1 heterocycles. The van der Waals surface area contributed by atoms with Crippen LogP contribution in [0.2, 0.25) is 0 Å². The summed E-state index contributed by atoms with van der Waals surface area (Å²) in [5, 5.41) is 15.2. The van der Waals surface area contributed by atoms with Gasteiger partial charge in [0.2, 0.25) is 5.13 Å². The van der Waals surface area contributed by atoms with Gasteiger partial charge in [0.05, 0.1) is 0 Å². The fourth-order valence-electron chi connectivity index (χ4n) is 2.19. The minimum atomic E-state index is -0.152. The number of carbonyl (C=O) groups excluding carboxylic acids is 1. The fourth-order valence-corrected chi connectivity index (χ4v) is 2.86. The number of anilines is 1. The zero-order valence-corrected chi connectivity index (χ0v) is 11.6. The third-order valence-corrected chi connectivity index (χ3v) is 4.16. The van der Waals surface area contributed by atoms with Crippen molar-refractivity contribution >= 4 is 22.5 Å². The van der Waals surface area contributed by atoms with Crippen molar-refractivity contribution in [3.63, 3.8) is 0 Å². The van der Waals surface area contributed by atoms with Crippen molar-refractivity contribution in [2.24, 2.45) is 0 Å². The molecule has 1 aliphatic carbocycles. The average Bonchev–Trinajstić information content (AvgIpc) is 2.65. The van der Waals surface area contributed by atoms with Gasteiger partial charge in [-0.25, -0.2) is 4.79 Å². The number of amides is 2. The molecule has 0 radical (unpaired) electrons. The van der Waals surface area contributed by atoms with Crippen molar-refractivity contribution in [1.82, 2.24) is 15.5 Å². The molecule has 0 atom stereocenters. The highest BCUT2D eigenvalue weighted by atomic mass is 32.1. The van der Waals surface area contributed by atoms with Crippen LogP contribution in [0.15, 0.2) is 0 Å². The topological polar surface area (TPSA) is 66.9 Å². The van der Waals surface area contributed by atoms with Gasteiger partial charge >= 0.3 is 6.03 Å². The Kier molecular flexibility index (Phi) is 4.92. The highest BCUT2D eigenvalue weighted by Crippen LogP contribution is 2.18. The number of aromatic nitrogens is 2. The molecule has 100 valence electrons. The Bertz CT molecular complexity index is 385. The summed E-state index contributed by atoms with van der Waals surface area (Å²) < 4.78 is 0. The van der Waals surface area contributed by atoms with Crippen LogP contribution in [-0.4, -0.2) is 22.3 Å². The van der Waals surface area contributed by atoms with Gasteiger partial charge in [0.15, 0.2) is 0 Å². The van der Waals surface area contributed by atoms with E-state index in [0.717, 1.165) is 24.3 Å². The summed E-state index contributed by atoms with van der Waals surface area (Å²) in [5.41, 5.74) is 0. The zero-order chi connectivity index (χ0) is 12.8. The van der Waals surface area contributed by atoms with Crippen LogP contribution in [0.3, 0.4) is 0 Å². The average molecular weight is 268 g/mol. The van der Waals surface area contributed by atoms with Crippen LogP contribution in [0.5, 0.6) is 0 Å². The quantitative estimate of drug-likeness (QED) is 0.828. The van der Waals surface area contributed by atoms with Gasteiger partial charge in [-0.2, -0.15) is 0 Å². The molecule has 2 N–H and O–H groups in total. The SMILES string of the molecule is CCc1nnc(NC(=O)NC2CCCCCC2)s1. The van der Waals surface area contributed by atoms with E-state index in [1.165, 1.54) is 37.0 Å². The fraction of sp³-hybridized carbons (Fsp3) is 0.750. The molecule has 6 heteroatoms. The summed E-state index contributed by atoms with van der Waals surface area (Å²) in [5.74, 6) is 0. The van der Waals surface area contributed by atoms with Crippen molar-refractivity contribution in [2.75, 3.05) is 5.32 Å². The predicted molar refractivity (Wildman–Crippen MR) is 72.9 cm³/mol. The van der Waals surface area contributed by atoms with Crippen LogP contribution < -0.4 is 10.6 Å². The highest BCUT2D eigenvalue weighted by Gasteiger charge is 2.15. The summed E-state index contributed by atoms with van der Waals surface area (Å²) in [6, 6.07) is 0.159. The summed E-state index contributed by atoms with van der Waals surface area (Å²) in [4.78, 5) is 11.8. The van der Waals surface area contributed by atoms with Crippen LogP contribution in [0, 0.1) is 0 Å². The van der Waals surface area contributed by atoms with Gasteiger partial charge in [0, 0.05) is 6.04 Å². The molecule has 0 unspecified atom stereocenters. The molecule has 0 saturated heterocycles. The Morgan fingerprint density at radius 1 is 1.28 bits per heavy atom. The highest BCUT2D eigenvalue weighted by molar-refractivity contribution is 7.15. The molecular weight excluding hydrogens is 248 g/mol. The predicted octanol–water partition coefficient (Wildman–Crippen LogP) is 2.94. The van der Waals surface area contributed by atoms with E-state index in [2.05, 4.69) is 20.8 Å². The second-order valence-corrected chi connectivity index (χ2v) is 5.70. The maximum absolute atomic E-state index is 11.8. The molecule has 0 spiro atoms. The molecule has 1 aromatic rings. The number of carbonyl (C=O) groups is 1. The number of urea groups is 1. The first-order valence-electron chi connectivity index (χ1n) is 6.68. The van der Waals surface area contributed by atoms with Crippen LogP contribution >= 0.6 is 11.3 Å². The lowest BCUT2D eigenvalue weighted by molar-refractivity contribution is 0.247. The molecule has 1 fully saturated rings. The lowest BCUT2D eigenvalue weighted by Crippen LogP contribution is -2.37. The van der Waals surface area contributed by atoms with E-state index >= 15 is 0 Å². The first-order chi connectivity index (χ1) is 8.78. The van der Waals surface area contributed by atoms with Gasteiger partial charge in [-0.3, -0.25) is 5.32 Å². The summed E-state index contributed by atoms with van der Waals surface area (Å²) in [7, 11) is 0. The van der Waals surface area contributed by atoms with Gasteiger partial charge < -0.3 is 5.32 Å². The van der Waals surface area contributed by atoms with Crippen molar-refractivity contribution in [2.45, 2.75) is 57.9 Å². The zero-order valence-electron chi connectivity index (χ0n) is 10.7. The van der Waals surface area contributed by atoms with E-state index in [1.807, 2.05) is 6.92 Å². The number of hydrogen-bond acceptors (Lipinski definition) is 4. The van der Waals surface area contributed by atoms with E-state index in [4.69, 9.17) is 0 Å². The van der Waals surface area contributed by atoms with E-state index < -0.39 is 0 Å². The smallest absolute Gasteiger partial charge is 0.321 e. The normalized spacial score (nSPS) is 17.2. The lowest BCUT2D eigenvalue weighted by atomic mass is 10.1. The standard InChI is InChI=1S/C12H20N4OS/c1-2-10-15-16-12(18-10)14-11(17)13-9-7-5-3-4-6-8-9/h9H,2-8H2,1H3,(H2,13,14,16,17). The summed E-state index contributed by atoms with van der Waals surface area (Å²) in [6.07, 6.45) is 8.02. The van der Waals surface area contributed by atoms with Gasteiger partial charge in [-0.1, -0.05) is 43.9 Å². The molecule has 0 aliphatic heterocycles. The first kappa shape index (κ1) is 13.3. The van der Waals surface area contributed by atoms with Gasteiger partial charge in [-0.15, -0.1) is 10.2 Å². The van der Waals surface area contributed by atoms with E-state index in [9.17, 15) is 4.79 Å². The van der Waals surface area contributed by atoms with E-state index in [0.29, 0.717) is 11.2 Å². The van der Waals surface area contributed by atoms with Crippen molar-refractivity contribution in [3.05, 3.63) is 5.01 Å². The largest absolute Gasteiger partial charge is 0.335 e. The van der Waals surface area contributed by atoms with Crippen LogP contribution in [0.25, 0.3) is 0 Å². The number of aryl methyl sites for hydroxylation is 1. The second kappa shape index (κ2) is 6.68. The van der Waals surface area contributed by atoms with Gasteiger partial charge in [-0.05, 0) is 19.3 Å². The molecule has 1 aliphatic rings. The Labute approximate surface area is 111 Å². The second-order valence-electron chi connectivity index (χ2n) is 4.64. The molecule has 1 aromatic heterocycles. The van der Waals surface area contributed by atoms with Crippen molar-refractivity contribution < 1.29 is 4.79 Å². The van der Waals surface area contributed by atoms with E-state index in [-0.39, 0.29) is 6.03 Å². The molecule has 5 nitrogen and oxygen atoms in total. The number of nitrogens with zero attached hydrogens (tertiary/aromatic N) is 2. The Morgan fingerprint density at radius 3 is 2.61 bits per heavy atom. The molecule has 1 saturated carbocycles. The third kappa shape index (κ3) is 3.94. The monoisotopic (exact) mass is 268 g/mol. The molecular formula is C12H20N4OS. The van der Waals surface area contributed by atoms with E-state index in [1.54, 1.807) is 0 Å². The van der Waals surface area contributed by atoms with Gasteiger partial charge in [0.25, 0.3) is 0 Å². The maximum Gasteiger partial charge on any atom is 0.321 e. The number of rotatable bonds is 3. The van der Waals surface area contributed by atoms with Crippen LogP contribution in [0.1, 0.15) is 50.5 Å². The first-order valence-corrected chi connectivity index (χ1v) is 7.49. The summed E-state index contributed by atoms with van der Waals surface area (Å²) >= 11 is 1.43. The van der Waals surface area contributed by atoms with Crippen LogP contribution in [0.4, 0.5) is 9.93 Å². The third-order valence-electron chi connectivity index (χ3n) is 3.18. The Morgan fingerprint density at radius 2 is 2.00 bits per heavy atom. The Hall–Kier alpha value is -1.17. The minimum Gasteiger partial charge on any atom is -0.335 e. The maximum atomic E-state index is 11.8. The van der Waals surface area contributed by atoms with Crippen molar-refractivity contribution in [3.8, 4) is 0 Å². The molecule has 0 bridgehead atoms. The Balaban J connectivity index is 1.80. The summed E-state index contributed by atoms with van der Waals surface area (Å²) in [6.45, 7) is 2.02. The number of nitrogens with one attached hydrogen (secondary N) is 2. The minimum absolute atomic E-state index is 0.152.